The molecule has 2 rings (SSSR count). The minimum absolute atomic E-state index is 0.720. The molecule has 5 nitrogen and oxygen atoms in total. The normalized spacial score (nSPS) is 10.3. The minimum Gasteiger partial charge on any atom is -0.493 e. The van der Waals surface area contributed by atoms with Gasteiger partial charge in [0.25, 0.3) is 0 Å². The van der Waals surface area contributed by atoms with Crippen LogP contribution in [0.1, 0.15) is 11.1 Å². The van der Waals surface area contributed by atoms with Crippen molar-refractivity contribution < 1.29 is 14.0 Å². The maximum atomic E-state index is 5.25. The molecule has 96 valence electrons. The Hall–Kier alpha value is -2.01. The lowest BCUT2D eigenvalue weighted by Gasteiger charge is -2.09. The monoisotopic (exact) mass is 248 g/mol. The predicted molar refractivity (Wildman–Crippen MR) is 66.6 cm³/mol. The third-order valence-electron chi connectivity index (χ3n) is 2.59. The number of benzene rings is 1. The van der Waals surface area contributed by atoms with Crippen LogP contribution in [0.2, 0.25) is 0 Å². The number of hydrogen-bond acceptors (Lipinski definition) is 5. The van der Waals surface area contributed by atoms with Gasteiger partial charge in [0.15, 0.2) is 11.5 Å². The van der Waals surface area contributed by atoms with E-state index in [9.17, 15) is 0 Å². The van der Waals surface area contributed by atoms with Gasteiger partial charge in [-0.25, -0.2) is 0 Å². The third-order valence-corrected chi connectivity index (χ3v) is 2.59. The zero-order chi connectivity index (χ0) is 12.8. The summed E-state index contributed by atoms with van der Waals surface area (Å²) < 4.78 is 15.2. The van der Waals surface area contributed by atoms with Crippen molar-refractivity contribution in [2.75, 3.05) is 14.2 Å². The molecular weight excluding hydrogens is 232 g/mol. The molecule has 1 aromatic heterocycles. The fraction of sp³-hybridized carbons (Fsp3) is 0.308. The molecule has 0 aliphatic carbocycles. The molecule has 1 aromatic carbocycles. The lowest BCUT2D eigenvalue weighted by atomic mass is 10.2. The van der Waals surface area contributed by atoms with Gasteiger partial charge in [0.2, 0.25) is 0 Å². The molecule has 1 N–H and O–H groups in total. The van der Waals surface area contributed by atoms with Crippen LogP contribution in [0, 0.1) is 0 Å². The van der Waals surface area contributed by atoms with Gasteiger partial charge in [-0.15, -0.1) is 0 Å². The first-order chi connectivity index (χ1) is 8.83. The molecule has 0 aliphatic rings. The largest absolute Gasteiger partial charge is 0.493 e. The Morgan fingerprint density at radius 1 is 1.11 bits per heavy atom. The van der Waals surface area contributed by atoms with Crippen molar-refractivity contribution >= 4 is 0 Å². The molecule has 0 unspecified atom stereocenters. The molecule has 0 aliphatic heterocycles. The van der Waals surface area contributed by atoms with Crippen LogP contribution in [0.4, 0.5) is 0 Å². The van der Waals surface area contributed by atoms with Crippen LogP contribution < -0.4 is 14.8 Å². The number of aromatic nitrogens is 1. The van der Waals surface area contributed by atoms with Crippen LogP contribution in [0.3, 0.4) is 0 Å². The number of nitrogens with one attached hydrogen (secondary N) is 1. The zero-order valence-electron chi connectivity index (χ0n) is 10.5. The summed E-state index contributed by atoms with van der Waals surface area (Å²) in [6.07, 6.45) is 3.32. The van der Waals surface area contributed by atoms with E-state index in [4.69, 9.17) is 14.0 Å². The molecule has 18 heavy (non-hydrogen) atoms. The molecule has 0 spiro atoms. The van der Waals surface area contributed by atoms with E-state index in [2.05, 4.69) is 10.5 Å². The van der Waals surface area contributed by atoms with Gasteiger partial charge in [0.1, 0.15) is 6.26 Å². The van der Waals surface area contributed by atoms with Crippen LogP contribution >= 0.6 is 0 Å². The second-order valence-corrected chi connectivity index (χ2v) is 3.83. The topological polar surface area (TPSA) is 56.5 Å². The van der Waals surface area contributed by atoms with Gasteiger partial charge < -0.3 is 19.3 Å². The van der Waals surface area contributed by atoms with Gasteiger partial charge in [0.05, 0.1) is 20.4 Å². The fourth-order valence-electron chi connectivity index (χ4n) is 1.66. The van der Waals surface area contributed by atoms with E-state index < -0.39 is 0 Å². The fourth-order valence-corrected chi connectivity index (χ4v) is 1.66. The SMILES string of the molecule is COc1ccc(CNCc2cnoc2)cc1OC. The Kier molecular flexibility index (Phi) is 4.20. The van der Waals surface area contributed by atoms with Crippen LogP contribution in [-0.2, 0) is 13.1 Å². The highest BCUT2D eigenvalue weighted by Crippen LogP contribution is 2.27. The Labute approximate surface area is 106 Å². The van der Waals surface area contributed by atoms with E-state index in [1.807, 2.05) is 18.2 Å². The second kappa shape index (κ2) is 6.07. The molecular formula is C13H16N2O3. The molecule has 0 bridgehead atoms. The van der Waals surface area contributed by atoms with Crippen molar-refractivity contribution in [3.05, 3.63) is 41.8 Å². The molecule has 0 saturated heterocycles. The molecule has 0 saturated carbocycles. The quantitative estimate of drug-likeness (QED) is 0.847. The maximum absolute atomic E-state index is 5.25. The summed E-state index contributed by atoms with van der Waals surface area (Å²) in [6.45, 7) is 1.46. The number of hydrogen-bond donors (Lipinski definition) is 1. The summed E-state index contributed by atoms with van der Waals surface area (Å²) in [4.78, 5) is 0. The molecule has 2 aromatic rings. The number of methoxy groups -OCH3 is 2. The van der Waals surface area contributed by atoms with Crippen LogP contribution in [0.5, 0.6) is 11.5 Å². The molecule has 5 heteroatoms. The molecule has 0 atom stereocenters. The molecule has 1 heterocycles. The second-order valence-electron chi connectivity index (χ2n) is 3.83. The van der Waals surface area contributed by atoms with Crippen LogP contribution in [-0.4, -0.2) is 19.4 Å². The van der Waals surface area contributed by atoms with Crippen molar-refractivity contribution in [2.24, 2.45) is 0 Å². The smallest absolute Gasteiger partial charge is 0.161 e. The number of ether oxygens (including phenoxy) is 2. The van der Waals surface area contributed by atoms with Crippen molar-refractivity contribution in [3.8, 4) is 11.5 Å². The summed E-state index contributed by atoms with van der Waals surface area (Å²) in [7, 11) is 3.26. The van der Waals surface area contributed by atoms with E-state index in [0.717, 1.165) is 35.7 Å². The maximum Gasteiger partial charge on any atom is 0.161 e. The van der Waals surface area contributed by atoms with Gasteiger partial charge >= 0.3 is 0 Å². The van der Waals surface area contributed by atoms with E-state index in [1.165, 1.54) is 0 Å². The first kappa shape index (κ1) is 12.4. The van der Waals surface area contributed by atoms with Crippen LogP contribution in [0.15, 0.2) is 35.2 Å². The van der Waals surface area contributed by atoms with E-state index in [0.29, 0.717) is 0 Å². The highest BCUT2D eigenvalue weighted by Gasteiger charge is 2.04. The first-order valence-electron chi connectivity index (χ1n) is 5.63. The van der Waals surface area contributed by atoms with E-state index >= 15 is 0 Å². The van der Waals surface area contributed by atoms with Gasteiger partial charge in [-0.2, -0.15) is 0 Å². The van der Waals surface area contributed by atoms with E-state index in [-0.39, 0.29) is 0 Å². The van der Waals surface area contributed by atoms with Gasteiger partial charge in [-0.3, -0.25) is 0 Å². The van der Waals surface area contributed by atoms with Gasteiger partial charge in [0, 0.05) is 18.7 Å². The van der Waals surface area contributed by atoms with Crippen molar-refractivity contribution in [2.45, 2.75) is 13.1 Å². The Morgan fingerprint density at radius 3 is 2.56 bits per heavy atom. The van der Waals surface area contributed by atoms with Crippen LogP contribution in [0.25, 0.3) is 0 Å². The van der Waals surface area contributed by atoms with Crippen molar-refractivity contribution in [1.82, 2.24) is 10.5 Å². The number of rotatable bonds is 6. The number of nitrogens with zero attached hydrogens (tertiary/aromatic N) is 1. The standard InChI is InChI=1S/C13H16N2O3/c1-16-12-4-3-10(5-13(12)17-2)6-14-7-11-8-15-18-9-11/h3-5,8-9,14H,6-7H2,1-2H3. The average molecular weight is 248 g/mol. The Bertz CT molecular complexity index is 483. The first-order valence-corrected chi connectivity index (χ1v) is 5.63. The Balaban J connectivity index is 1.93. The van der Waals surface area contributed by atoms with Gasteiger partial charge in [-0.1, -0.05) is 11.2 Å². The summed E-state index contributed by atoms with van der Waals surface area (Å²) >= 11 is 0. The summed E-state index contributed by atoms with van der Waals surface area (Å²) in [5.74, 6) is 1.47. The Morgan fingerprint density at radius 2 is 1.89 bits per heavy atom. The highest BCUT2D eigenvalue weighted by atomic mass is 16.5. The van der Waals surface area contributed by atoms with Gasteiger partial charge in [-0.05, 0) is 17.7 Å². The highest BCUT2D eigenvalue weighted by molar-refractivity contribution is 5.42. The predicted octanol–water partition coefficient (Wildman–Crippen LogP) is 1.98. The molecule has 0 radical (unpaired) electrons. The summed E-state index contributed by atoms with van der Waals surface area (Å²) in [5.41, 5.74) is 2.15. The molecule has 0 fully saturated rings. The summed E-state index contributed by atoms with van der Waals surface area (Å²) in [5, 5.41) is 6.94. The lowest BCUT2D eigenvalue weighted by molar-refractivity contribution is 0.354. The minimum atomic E-state index is 0.720. The van der Waals surface area contributed by atoms with E-state index in [1.54, 1.807) is 26.7 Å². The third kappa shape index (κ3) is 3.01. The lowest BCUT2D eigenvalue weighted by Crippen LogP contribution is -2.12. The zero-order valence-corrected chi connectivity index (χ0v) is 10.5. The molecule has 0 amide bonds. The van der Waals surface area contributed by atoms with Crippen molar-refractivity contribution in [3.63, 3.8) is 0 Å². The average Bonchev–Trinajstić information content (AvgIpc) is 2.91. The van der Waals surface area contributed by atoms with Crippen molar-refractivity contribution in [1.29, 1.82) is 0 Å². The summed E-state index contributed by atoms with van der Waals surface area (Å²) in [6, 6.07) is 5.86.